The second kappa shape index (κ2) is 10.7. The van der Waals surface area contributed by atoms with Gasteiger partial charge in [-0.25, -0.2) is 9.97 Å². The lowest BCUT2D eigenvalue weighted by Gasteiger charge is -2.30. The number of fused-ring (bicyclic) bond motifs is 1. The summed E-state index contributed by atoms with van der Waals surface area (Å²) >= 11 is 0. The number of hydrogen-bond donors (Lipinski definition) is 2. The molecule has 3 heterocycles. The third-order valence-electron chi connectivity index (χ3n) is 6.61. The largest absolute Gasteiger partial charge is 0.489 e. The van der Waals surface area contributed by atoms with Gasteiger partial charge in [-0.3, -0.25) is 4.90 Å². The highest BCUT2D eigenvalue weighted by Crippen LogP contribution is 2.27. The molecule has 4 aromatic rings. The first-order valence-electron chi connectivity index (χ1n) is 12.4. The monoisotopic (exact) mass is 487 g/mol. The Bertz CT molecular complexity index is 1330. The van der Waals surface area contributed by atoms with Crippen LogP contribution in [0.2, 0.25) is 0 Å². The molecule has 2 unspecified atom stereocenters. The number of ether oxygens (including phenoxy) is 2. The molecule has 1 aliphatic rings. The smallest absolute Gasteiger partial charge is 0.141 e. The van der Waals surface area contributed by atoms with Crippen molar-refractivity contribution in [2.24, 2.45) is 7.05 Å². The van der Waals surface area contributed by atoms with Gasteiger partial charge in [-0.1, -0.05) is 24.3 Å². The molecular weight excluding hydrogens is 454 g/mol. The molecule has 0 radical (unpaired) electrons. The fraction of sp³-hybridized carbons (Fsp3) is 0.357. The first-order valence-corrected chi connectivity index (χ1v) is 12.4. The lowest BCUT2D eigenvalue weighted by Crippen LogP contribution is -2.46. The van der Waals surface area contributed by atoms with E-state index in [1.54, 1.807) is 0 Å². The molecule has 36 heavy (non-hydrogen) atoms. The van der Waals surface area contributed by atoms with Crippen LogP contribution in [0.3, 0.4) is 0 Å². The van der Waals surface area contributed by atoms with Crippen molar-refractivity contribution in [1.82, 2.24) is 19.4 Å². The molecule has 1 saturated heterocycles. The van der Waals surface area contributed by atoms with Crippen LogP contribution < -0.4 is 10.1 Å². The summed E-state index contributed by atoms with van der Waals surface area (Å²) in [5, 5.41) is 15.2. The van der Waals surface area contributed by atoms with E-state index in [-0.39, 0.29) is 12.6 Å². The zero-order valence-corrected chi connectivity index (χ0v) is 21.0. The Hall–Kier alpha value is -3.46. The van der Waals surface area contributed by atoms with Gasteiger partial charge in [-0.2, -0.15) is 0 Å². The average Bonchev–Trinajstić information content (AvgIpc) is 3.27. The number of morpholine rings is 1. The van der Waals surface area contributed by atoms with E-state index < -0.39 is 6.23 Å². The fourth-order valence-electron chi connectivity index (χ4n) is 4.54. The number of nitrogens with zero attached hydrogens (tertiary/aromatic N) is 4. The van der Waals surface area contributed by atoms with Gasteiger partial charge in [0.2, 0.25) is 0 Å². The molecule has 2 atom stereocenters. The van der Waals surface area contributed by atoms with E-state index in [9.17, 15) is 5.11 Å². The second-order valence-electron chi connectivity index (χ2n) is 9.26. The number of benzene rings is 2. The lowest BCUT2D eigenvalue weighted by atomic mass is 10.1. The number of nitrogens with one attached hydrogen (secondary N) is 1. The summed E-state index contributed by atoms with van der Waals surface area (Å²) in [6.07, 6.45) is 1.42. The first kappa shape index (κ1) is 24.2. The number of hydrogen-bond acceptors (Lipinski definition) is 7. The minimum Gasteiger partial charge on any atom is -0.489 e. The molecule has 2 aromatic carbocycles. The standard InChI is InChI=1S/C28H33N5O3/c1-19(22-5-4-6-24(15-22)36-18-28(34)33-11-13-35-14-12-33)29-27-17-25(30-20(2)31-27)23-8-7-21-9-10-32(3)26(21)16-23/h4-10,15-17,19,28,34H,11-14,18H2,1-3H3,(H,29,30,31). The zero-order valence-electron chi connectivity index (χ0n) is 21.0. The van der Waals surface area contributed by atoms with Crippen molar-refractivity contribution in [1.29, 1.82) is 0 Å². The topological polar surface area (TPSA) is 84.7 Å². The Kier molecular flexibility index (Phi) is 7.18. The highest BCUT2D eigenvalue weighted by atomic mass is 16.5. The van der Waals surface area contributed by atoms with Gasteiger partial charge in [0, 0.05) is 43.5 Å². The molecule has 188 valence electrons. The van der Waals surface area contributed by atoms with Crippen molar-refractivity contribution in [2.75, 3.05) is 38.2 Å². The van der Waals surface area contributed by atoms with Crippen molar-refractivity contribution in [3.8, 4) is 17.0 Å². The second-order valence-corrected chi connectivity index (χ2v) is 9.26. The summed E-state index contributed by atoms with van der Waals surface area (Å²) in [5.41, 5.74) is 4.17. The van der Waals surface area contributed by atoms with Gasteiger partial charge in [-0.15, -0.1) is 0 Å². The van der Waals surface area contributed by atoms with Gasteiger partial charge in [0.1, 0.15) is 30.2 Å². The van der Waals surface area contributed by atoms with E-state index in [0.29, 0.717) is 32.1 Å². The third-order valence-corrected chi connectivity index (χ3v) is 6.61. The minimum absolute atomic E-state index is 0.00443. The van der Waals surface area contributed by atoms with Crippen LogP contribution in [0.5, 0.6) is 5.75 Å². The molecule has 1 fully saturated rings. The maximum Gasteiger partial charge on any atom is 0.141 e. The Morgan fingerprint density at radius 3 is 2.75 bits per heavy atom. The highest BCUT2D eigenvalue weighted by molar-refractivity contribution is 5.85. The maximum absolute atomic E-state index is 10.4. The summed E-state index contributed by atoms with van der Waals surface area (Å²) in [6.45, 7) is 6.92. The van der Waals surface area contributed by atoms with Crippen molar-refractivity contribution in [2.45, 2.75) is 26.1 Å². The SMILES string of the molecule is Cc1nc(NC(C)c2cccc(OCC(O)N3CCOCC3)c2)cc(-c2ccc3ccn(C)c3c2)n1. The highest BCUT2D eigenvalue weighted by Gasteiger charge is 2.19. The molecule has 2 aromatic heterocycles. The normalized spacial score (nSPS) is 16.1. The van der Waals surface area contributed by atoms with E-state index in [1.165, 1.54) is 10.9 Å². The molecular formula is C28H33N5O3. The van der Waals surface area contributed by atoms with Gasteiger partial charge in [-0.05, 0) is 49.1 Å². The molecule has 0 aliphatic carbocycles. The van der Waals surface area contributed by atoms with E-state index >= 15 is 0 Å². The van der Waals surface area contributed by atoms with Crippen LogP contribution in [0.15, 0.2) is 60.8 Å². The number of aliphatic hydroxyl groups is 1. The van der Waals surface area contributed by atoms with Crippen molar-refractivity contribution in [3.05, 3.63) is 72.2 Å². The fourth-order valence-corrected chi connectivity index (χ4v) is 4.54. The zero-order chi connectivity index (χ0) is 25.1. The quantitative estimate of drug-likeness (QED) is 0.386. The summed E-state index contributed by atoms with van der Waals surface area (Å²) in [5.74, 6) is 2.21. The van der Waals surface area contributed by atoms with Crippen molar-refractivity contribution < 1.29 is 14.6 Å². The van der Waals surface area contributed by atoms with Crippen molar-refractivity contribution >= 4 is 16.7 Å². The van der Waals surface area contributed by atoms with Gasteiger partial charge in [0.15, 0.2) is 0 Å². The number of anilines is 1. The molecule has 1 aliphatic heterocycles. The van der Waals surface area contributed by atoms with Gasteiger partial charge < -0.3 is 24.5 Å². The van der Waals surface area contributed by atoms with Crippen LogP contribution in [-0.2, 0) is 11.8 Å². The summed E-state index contributed by atoms with van der Waals surface area (Å²) in [6, 6.07) is 18.4. The van der Waals surface area contributed by atoms with Crippen LogP contribution in [0.25, 0.3) is 22.2 Å². The predicted molar refractivity (Wildman–Crippen MR) is 141 cm³/mol. The summed E-state index contributed by atoms with van der Waals surface area (Å²) in [7, 11) is 2.05. The third kappa shape index (κ3) is 5.51. The van der Waals surface area contributed by atoms with Gasteiger partial charge in [0.05, 0.1) is 24.9 Å². The average molecular weight is 488 g/mol. The van der Waals surface area contributed by atoms with Crippen molar-refractivity contribution in [3.63, 3.8) is 0 Å². The van der Waals surface area contributed by atoms with Crippen LogP contribution in [0.1, 0.15) is 24.4 Å². The minimum atomic E-state index is -0.648. The summed E-state index contributed by atoms with van der Waals surface area (Å²) < 4.78 is 13.4. The van der Waals surface area contributed by atoms with E-state index in [0.717, 1.165) is 28.4 Å². The Morgan fingerprint density at radius 1 is 1.08 bits per heavy atom. The lowest BCUT2D eigenvalue weighted by molar-refractivity contribution is -0.0752. The molecule has 8 heteroatoms. The molecule has 0 saturated carbocycles. The molecule has 8 nitrogen and oxygen atoms in total. The molecule has 0 spiro atoms. The van der Waals surface area contributed by atoms with Gasteiger partial charge in [0.25, 0.3) is 0 Å². The number of aliphatic hydroxyl groups excluding tert-OH is 1. The van der Waals surface area contributed by atoms with Crippen LogP contribution in [0, 0.1) is 6.92 Å². The van der Waals surface area contributed by atoms with Crippen LogP contribution in [0.4, 0.5) is 5.82 Å². The Labute approximate surface area is 211 Å². The van der Waals surface area contributed by atoms with Crippen LogP contribution >= 0.6 is 0 Å². The predicted octanol–water partition coefficient (Wildman–Crippen LogP) is 4.15. The van der Waals surface area contributed by atoms with E-state index in [4.69, 9.17) is 9.47 Å². The molecule has 2 N–H and O–H groups in total. The Morgan fingerprint density at radius 2 is 1.92 bits per heavy atom. The maximum atomic E-state index is 10.4. The van der Waals surface area contributed by atoms with Gasteiger partial charge >= 0.3 is 0 Å². The van der Waals surface area contributed by atoms with Crippen LogP contribution in [-0.4, -0.2) is 63.7 Å². The van der Waals surface area contributed by atoms with E-state index in [1.807, 2.05) is 43.1 Å². The Balaban J connectivity index is 1.28. The van der Waals surface area contributed by atoms with E-state index in [2.05, 4.69) is 63.3 Å². The number of rotatable bonds is 8. The number of aryl methyl sites for hydroxylation is 2. The molecule has 0 bridgehead atoms. The summed E-state index contributed by atoms with van der Waals surface area (Å²) in [4.78, 5) is 11.3. The number of aromatic nitrogens is 3. The molecule has 5 rings (SSSR count). The first-order chi connectivity index (χ1) is 17.5. The molecule has 0 amide bonds.